The summed E-state index contributed by atoms with van der Waals surface area (Å²) in [6, 6.07) is 9.89. The molecule has 0 aliphatic heterocycles. The standard InChI is InChI=1S/C15H16N4O/c1-10-7-11(18-20-10)9-19(2)15-12-5-3-4-6-14(12)17-8-13(15)16/h3-8H,9,16H2,1-2H3. The lowest BCUT2D eigenvalue weighted by Crippen LogP contribution is -2.18. The number of anilines is 2. The largest absolute Gasteiger partial charge is 0.396 e. The molecule has 0 radical (unpaired) electrons. The minimum absolute atomic E-state index is 0.634. The van der Waals surface area contributed by atoms with Crippen LogP contribution in [0, 0.1) is 6.92 Å². The zero-order valence-electron chi connectivity index (χ0n) is 11.5. The number of rotatable bonds is 3. The number of nitrogen functional groups attached to an aromatic ring is 1. The van der Waals surface area contributed by atoms with E-state index in [9.17, 15) is 0 Å². The number of hydrogen-bond donors (Lipinski definition) is 1. The maximum absolute atomic E-state index is 6.10. The number of nitrogens with two attached hydrogens (primary N) is 1. The highest BCUT2D eigenvalue weighted by Gasteiger charge is 2.13. The van der Waals surface area contributed by atoms with E-state index in [2.05, 4.69) is 15.0 Å². The molecular formula is C15H16N4O. The van der Waals surface area contributed by atoms with Crippen LogP contribution in [0.1, 0.15) is 11.5 Å². The van der Waals surface area contributed by atoms with Crippen molar-refractivity contribution in [2.45, 2.75) is 13.5 Å². The Hall–Kier alpha value is -2.56. The highest BCUT2D eigenvalue weighted by Crippen LogP contribution is 2.31. The van der Waals surface area contributed by atoms with Crippen molar-refractivity contribution in [1.29, 1.82) is 0 Å². The molecule has 3 aromatic rings. The highest BCUT2D eigenvalue weighted by molar-refractivity contribution is 5.97. The lowest BCUT2D eigenvalue weighted by Gasteiger charge is -2.21. The quantitative estimate of drug-likeness (QED) is 0.791. The molecule has 2 heterocycles. The Morgan fingerprint density at radius 3 is 2.85 bits per heavy atom. The minimum Gasteiger partial charge on any atom is -0.396 e. The summed E-state index contributed by atoms with van der Waals surface area (Å²) in [5, 5.41) is 5.06. The average molecular weight is 268 g/mol. The molecule has 0 atom stereocenters. The maximum Gasteiger partial charge on any atom is 0.133 e. The van der Waals surface area contributed by atoms with Crippen LogP contribution in [-0.2, 0) is 6.54 Å². The van der Waals surface area contributed by atoms with Gasteiger partial charge in [-0.2, -0.15) is 0 Å². The van der Waals surface area contributed by atoms with Gasteiger partial charge in [0.1, 0.15) is 11.5 Å². The Morgan fingerprint density at radius 1 is 1.30 bits per heavy atom. The first-order valence-electron chi connectivity index (χ1n) is 6.41. The van der Waals surface area contributed by atoms with Crippen LogP contribution in [0.2, 0.25) is 0 Å². The van der Waals surface area contributed by atoms with Gasteiger partial charge in [-0.15, -0.1) is 0 Å². The molecule has 0 saturated carbocycles. The Morgan fingerprint density at radius 2 is 2.10 bits per heavy atom. The molecule has 5 heteroatoms. The molecule has 0 unspecified atom stereocenters. The molecule has 0 aliphatic rings. The molecule has 5 nitrogen and oxygen atoms in total. The topological polar surface area (TPSA) is 68.2 Å². The smallest absolute Gasteiger partial charge is 0.133 e. The Kier molecular flexibility index (Phi) is 3.02. The molecule has 2 N–H and O–H groups in total. The molecular weight excluding hydrogens is 252 g/mol. The van der Waals surface area contributed by atoms with Gasteiger partial charge in [0.15, 0.2) is 0 Å². The van der Waals surface area contributed by atoms with E-state index in [0.29, 0.717) is 12.2 Å². The van der Waals surface area contributed by atoms with Gasteiger partial charge in [0.25, 0.3) is 0 Å². The molecule has 1 aromatic carbocycles. The number of para-hydroxylation sites is 1. The van der Waals surface area contributed by atoms with Crippen molar-refractivity contribution in [1.82, 2.24) is 10.1 Å². The normalized spacial score (nSPS) is 10.9. The predicted molar refractivity (Wildman–Crippen MR) is 79.5 cm³/mol. The number of pyridine rings is 1. The summed E-state index contributed by atoms with van der Waals surface area (Å²) in [7, 11) is 1.99. The van der Waals surface area contributed by atoms with Crippen molar-refractivity contribution in [2.75, 3.05) is 17.7 Å². The fourth-order valence-corrected chi connectivity index (χ4v) is 2.38. The SMILES string of the molecule is Cc1cc(CN(C)c2c(N)cnc3ccccc23)no1. The fraction of sp³-hybridized carbons (Fsp3) is 0.200. The van der Waals surface area contributed by atoms with Gasteiger partial charge >= 0.3 is 0 Å². The molecule has 0 amide bonds. The summed E-state index contributed by atoms with van der Waals surface area (Å²) < 4.78 is 5.10. The zero-order valence-corrected chi connectivity index (χ0v) is 11.5. The van der Waals surface area contributed by atoms with Crippen molar-refractivity contribution in [3.63, 3.8) is 0 Å². The summed E-state index contributed by atoms with van der Waals surface area (Å²) in [6.07, 6.45) is 1.70. The van der Waals surface area contributed by atoms with Crippen LogP contribution in [0.5, 0.6) is 0 Å². The third kappa shape index (κ3) is 2.18. The molecule has 0 aliphatic carbocycles. The van der Waals surface area contributed by atoms with E-state index in [1.54, 1.807) is 6.20 Å². The highest BCUT2D eigenvalue weighted by atomic mass is 16.5. The lowest BCUT2D eigenvalue weighted by atomic mass is 10.1. The van der Waals surface area contributed by atoms with Crippen molar-refractivity contribution in [2.24, 2.45) is 0 Å². The summed E-state index contributed by atoms with van der Waals surface area (Å²) in [6.45, 7) is 2.52. The number of nitrogens with zero attached hydrogens (tertiary/aromatic N) is 3. The Labute approximate surface area is 117 Å². The van der Waals surface area contributed by atoms with Crippen molar-refractivity contribution >= 4 is 22.3 Å². The third-order valence-electron chi connectivity index (χ3n) is 3.23. The molecule has 3 rings (SSSR count). The summed E-state index contributed by atoms with van der Waals surface area (Å²) in [5.41, 5.74) is 9.54. The second kappa shape index (κ2) is 4.85. The number of hydrogen-bond acceptors (Lipinski definition) is 5. The fourth-order valence-electron chi connectivity index (χ4n) is 2.38. The van der Waals surface area contributed by atoms with Crippen LogP contribution in [0.3, 0.4) is 0 Å². The molecule has 2 aromatic heterocycles. The van der Waals surface area contributed by atoms with Crippen molar-refractivity contribution < 1.29 is 4.52 Å². The van der Waals surface area contributed by atoms with Crippen molar-refractivity contribution in [3.05, 3.63) is 48.0 Å². The third-order valence-corrected chi connectivity index (χ3v) is 3.23. The second-order valence-electron chi connectivity index (χ2n) is 4.86. The van der Waals surface area contributed by atoms with Crippen LogP contribution in [0.25, 0.3) is 10.9 Å². The van der Waals surface area contributed by atoms with Crippen LogP contribution in [0.15, 0.2) is 41.1 Å². The summed E-state index contributed by atoms with van der Waals surface area (Å²) >= 11 is 0. The van der Waals surface area contributed by atoms with E-state index < -0.39 is 0 Å². The van der Waals surface area contributed by atoms with E-state index in [4.69, 9.17) is 10.3 Å². The second-order valence-corrected chi connectivity index (χ2v) is 4.86. The molecule has 20 heavy (non-hydrogen) atoms. The summed E-state index contributed by atoms with van der Waals surface area (Å²) in [4.78, 5) is 6.42. The van der Waals surface area contributed by atoms with Gasteiger partial charge in [0.05, 0.1) is 29.6 Å². The first kappa shape index (κ1) is 12.5. The predicted octanol–water partition coefficient (Wildman–Crippen LogP) is 2.75. The lowest BCUT2D eigenvalue weighted by molar-refractivity contribution is 0.390. The first-order valence-corrected chi connectivity index (χ1v) is 6.41. The van der Waals surface area contributed by atoms with E-state index in [-0.39, 0.29) is 0 Å². The van der Waals surface area contributed by atoms with Crippen LogP contribution < -0.4 is 10.6 Å². The number of benzene rings is 1. The monoisotopic (exact) mass is 268 g/mol. The van der Waals surface area contributed by atoms with Gasteiger partial charge in [0.2, 0.25) is 0 Å². The molecule has 0 fully saturated rings. The maximum atomic E-state index is 6.10. The van der Waals surface area contributed by atoms with Crippen LogP contribution in [-0.4, -0.2) is 17.2 Å². The first-order chi connectivity index (χ1) is 9.65. The van der Waals surface area contributed by atoms with Gasteiger partial charge in [-0.05, 0) is 13.0 Å². The van der Waals surface area contributed by atoms with Crippen molar-refractivity contribution in [3.8, 4) is 0 Å². The van der Waals surface area contributed by atoms with E-state index in [1.165, 1.54) is 0 Å². The van der Waals surface area contributed by atoms with Crippen LogP contribution >= 0.6 is 0 Å². The molecule has 0 spiro atoms. The van der Waals surface area contributed by atoms with Gasteiger partial charge < -0.3 is 15.2 Å². The molecule has 102 valence electrons. The average Bonchev–Trinajstić information content (AvgIpc) is 2.83. The van der Waals surface area contributed by atoms with Gasteiger partial charge in [-0.1, -0.05) is 23.4 Å². The minimum atomic E-state index is 0.634. The zero-order chi connectivity index (χ0) is 14.1. The molecule has 0 saturated heterocycles. The molecule has 0 bridgehead atoms. The summed E-state index contributed by atoms with van der Waals surface area (Å²) in [5.74, 6) is 0.806. The van der Waals surface area contributed by atoms with E-state index >= 15 is 0 Å². The number of fused-ring (bicyclic) bond motifs is 1. The van der Waals surface area contributed by atoms with Gasteiger partial charge in [-0.3, -0.25) is 4.98 Å². The Bertz CT molecular complexity index is 750. The Balaban J connectivity index is 2.02. The van der Waals surface area contributed by atoms with Gasteiger partial charge in [-0.25, -0.2) is 0 Å². The van der Waals surface area contributed by atoms with Crippen LogP contribution in [0.4, 0.5) is 11.4 Å². The van der Waals surface area contributed by atoms with E-state index in [0.717, 1.165) is 28.0 Å². The number of aromatic nitrogens is 2. The number of aryl methyl sites for hydroxylation is 1. The van der Waals surface area contributed by atoms with Gasteiger partial charge in [0, 0.05) is 18.5 Å². The van der Waals surface area contributed by atoms with E-state index in [1.807, 2.05) is 44.3 Å².